The van der Waals surface area contributed by atoms with Crippen molar-refractivity contribution >= 4 is 11.8 Å². The zero-order valence-corrected chi connectivity index (χ0v) is 17.4. The maximum atomic E-state index is 13.5. The Morgan fingerprint density at radius 2 is 1.72 bits per heavy atom. The van der Waals surface area contributed by atoms with Crippen molar-refractivity contribution in [1.29, 1.82) is 0 Å². The third-order valence-corrected chi connectivity index (χ3v) is 8.34. The number of quaternary nitrogens is 1. The largest absolute Gasteiger partial charge is 0.841 e. The molecule has 0 aromatic rings. The molecule has 4 heterocycles. The predicted molar refractivity (Wildman–Crippen MR) is 101 cm³/mol. The van der Waals surface area contributed by atoms with Gasteiger partial charge >= 0.3 is 0 Å². The van der Waals surface area contributed by atoms with Crippen LogP contribution in [-0.2, 0) is 19.1 Å². The Morgan fingerprint density at radius 3 is 2.48 bits per heavy atom. The second-order valence-corrected chi connectivity index (χ2v) is 9.51. The van der Waals surface area contributed by atoms with Crippen LogP contribution in [0.25, 0.3) is 0 Å². The molecule has 8 nitrogen and oxygen atoms in total. The third-order valence-electron chi connectivity index (χ3n) is 8.34. The zero-order valence-electron chi connectivity index (χ0n) is 17.4. The van der Waals surface area contributed by atoms with Crippen LogP contribution < -0.4 is 10.0 Å². The highest BCUT2D eigenvalue weighted by atomic mass is 16.5. The summed E-state index contributed by atoms with van der Waals surface area (Å²) in [6.45, 7) is 1.59. The zero-order chi connectivity index (χ0) is 20.3. The summed E-state index contributed by atoms with van der Waals surface area (Å²) in [4.78, 5) is 32.2. The second-order valence-electron chi connectivity index (χ2n) is 9.51. The monoisotopic (exact) mass is 407 g/mol. The van der Waals surface area contributed by atoms with Gasteiger partial charge in [-0.1, -0.05) is 0 Å². The normalized spacial score (nSPS) is 47.2. The van der Waals surface area contributed by atoms with Crippen molar-refractivity contribution < 1.29 is 29.1 Å². The standard InChI is InChI=1S/C21H32N3O5/c1-28-12-5-6-15-14(10-12)20(26)23-8-3-4-16(23)19-22-9-7-13(29-2)11-17(22)18(25)21(27)24(15)19/h12-19H,3-11H2,1-2H3/q-1/p+1/t12?,13?,14?,15?,16-,17?,18?,19?/m0/s1. The minimum absolute atomic E-state index is 0.0298. The Hall–Kier alpha value is -1.22. The van der Waals surface area contributed by atoms with Gasteiger partial charge in [-0.15, -0.1) is 0 Å². The van der Waals surface area contributed by atoms with E-state index in [0.29, 0.717) is 12.8 Å². The van der Waals surface area contributed by atoms with Gasteiger partial charge in [-0.25, -0.2) is 0 Å². The number of piperidine rings is 1. The first-order chi connectivity index (χ1) is 14.0. The van der Waals surface area contributed by atoms with E-state index in [1.807, 2.05) is 9.80 Å². The van der Waals surface area contributed by atoms with Crippen LogP contribution in [0.5, 0.6) is 0 Å². The highest BCUT2D eigenvalue weighted by Crippen LogP contribution is 2.40. The molecule has 9 atom stereocenters. The number of methoxy groups -OCH3 is 2. The van der Waals surface area contributed by atoms with E-state index >= 15 is 0 Å². The Balaban J connectivity index is 1.55. The number of carbonyl (C=O) groups excluding carboxylic acids is 2. The summed E-state index contributed by atoms with van der Waals surface area (Å²) in [6.07, 6.45) is 4.40. The molecular formula is C21H33N3O5. The van der Waals surface area contributed by atoms with Crippen LogP contribution in [0, 0.1) is 5.92 Å². The van der Waals surface area contributed by atoms with Crippen LogP contribution in [0.1, 0.15) is 44.9 Å². The molecule has 1 N–H and O–H groups in total. The van der Waals surface area contributed by atoms with Gasteiger partial charge in [-0.3, -0.25) is 14.5 Å². The van der Waals surface area contributed by atoms with Crippen molar-refractivity contribution in [3.8, 4) is 0 Å². The van der Waals surface area contributed by atoms with Crippen LogP contribution in [0.15, 0.2) is 0 Å². The minimum atomic E-state index is -1.26. The molecule has 0 aromatic heterocycles. The molecule has 1 saturated carbocycles. The summed E-state index contributed by atoms with van der Waals surface area (Å²) in [5, 5.41) is 13.2. The van der Waals surface area contributed by atoms with Crippen molar-refractivity contribution in [1.82, 2.24) is 9.80 Å². The first kappa shape index (κ1) is 19.7. The molecule has 4 saturated heterocycles. The van der Waals surface area contributed by atoms with Crippen LogP contribution >= 0.6 is 0 Å². The van der Waals surface area contributed by atoms with Gasteiger partial charge in [0.1, 0.15) is 6.04 Å². The average molecular weight is 408 g/mol. The summed E-state index contributed by atoms with van der Waals surface area (Å²) < 4.78 is 11.1. The lowest BCUT2D eigenvalue weighted by Crippen LogP contribution is -3.26. The van der Waals surface area contributed by atoms with Gasteiger partial charge in [-0.2, -0.15) is 0 Å². The van der Waals surface area contributed by atoms with Crippen LogP contribution in [0.4, 0.5) is 0 Å². The fraction of sp³-hybridized carbons (Fsp3) is 0.905. The van der Waals surface area contributed by atoms with Gasteiger partial charge < -0.3 is 24.4 Å². The maximum Gasteiger partial charge on any atom is 0.228 e. The van der Waals surface area contributed by atoms with Crippen molar-refractivity contribution in [3.63, 3.8) is 0 Å². The van der Waals surface area contributed by atoms with Gasteiger partial charge in [0, 0.05) is 45.8 Å². The number of hydrogen-bond donors (Lipinski definition) is 1. The maximum absolute atomic E-state index is 13.5. The summed E-state index contributed by atoms with van der Waals surface area (Å²) in [6, 6.07) is -0.393. The van der Waals surface area contributed by atoms with E-state index in [1.54, 1.807) is 14.2 Å². The first-order valence-electron chi connectivity index (χ1n) is 11.2. The summed E-state index contributed by atoms with van der Waals surface area (Å²) in [5.74, 6) is -0.359. The Labute approximate surface area is 172 Å². The number of nitrogens with zero attached hydrogens (tertiary/aromatic N) is 2. The lowest BCUT2D eigenvalue weighted by molar-refractivity contribution is -0.980. The van der Waals surface area contributed by atoms with Crippen LogP contribution in [0.2, 0.25) is 0 Å². The van der Waals surface area contributed by atoms with E-state index in [9.17, 15) is 14.7 Å². The van der Waals surface area contributed by atoms with Crippen molar-refractivity contribution in [2.75, 3.05) is 27.3 Å². The Bertz CT molecular complexity index is 675. The average Bonchev–Trinajstić information content (AvgIpc) is 3.21. The molecule has 8 heteroatoms. The van der Waals surface area contributed by atoms with Crippen LogP contribution in [0.3, 0.4) is 0 Å². The smallest absolute Gasteiger partial charge is 0.228 e. The highest BCUT2D eigenvalue weighted by molar-refractivity contribution is 5.86. The number of nitrogens with one attached hydrogen (secondary N) is 1. The van der Waals surface area contributed by atoms with Gasteiger partial charge in [-0.05, 0) is 32.1 Å². The quantitative estimate of drug-likeness (QED) is 0.580. The summed E-state index contributed by atoms with van der Waals surface area (Å²) in [5.41, 5.74) is 0. The minimum Gasteiger partial charge on any atom is -0.841 e. The van der Waals surface area contributed by atoms with E-state index in [0.717, 1.165) is 45.2 Å². The lowest BCUT2D eigenvalue weighted by atomic mass is 9.80. The number of carbonyl (C=O) groups is 2. The number of rotatable bonds is 2. The molecule has 5 fully saturated rings. The molecule has 0 radical (unpaired) electrons. The fourth-order valence-electron chi connectivity index (χ4n) is 6.94. The van der Waals surface area contributed by atoms with Crippen LogP contribution in [-0.4, -0.2) is 91.5 Å². The molecule has 0 spiro atoms. The summed E-state index contributed by atoms with van der Waals surface area (Å²) >= 11 is 0. The third kappa shape index (κ3) is 2.94. The van der Waals surface area contributed by atoms with Gasteiger partial charge in [0.25, 0.3) is 0 Å². The number of hydrogen-bond acceptors (Lipinski definition) is 5. The Kier molecular flexibility index (Phi) is 5.09. The molecule has 4 aliphatic heterocycles. The molecule has 0 aromatic carbocycles. The van der Waals surface area contributed by atoms with E-state index in [2.05, 4.69) is 0 Å². The van der Waals surface area contributed by atoms with E-state index in [-0.39, 0.29) is 54.2 Å². The van der Waals surface area contributed by atoms with Gasteiger partial charge in [0.15, 0.2) is 6.17 Å². The molecule has 8 unspecified atom stereocenters. The second kappa shape index (κ2) is 7.48. The molecule has 2 amide bonds. The van der Waals surface area contributed by atoms with Gasteiger partial charge in [0.2, 0.25) is 11.8 Å². The predicted octanol–water partition coefficient (Wildman–Crippen LogP) is -1.87. The molecule has 29 heavy (non-hydrogen) atoms. The molecule has 0 bridgehead atoms. The number of fused-ring (bicyclic) bond motifs is 7. The first-order valence-corrected chi connectivity index (χ1v) is 11.2. The van der Waals surface area contributed by atoms with E-state index in [1.165, 1.54) is 4.90 Å². The van der Waals surface area contributed by atoms with Gasteiger partial charge in [0.05, 0.1) is 30.7 Å². The molecule has 162 valence electrons. The fourth-order valence-corrected chi connectivity index (χ4v) is 6.94. The molecule has 1 aliphatic carbocycles. The summed E-state index contributed by atoms with van der Waals surface area (Å²) in [7, 11) is 3.39. The topological polar surface area (TPSA) is 86.6 Å². The highest BCUT2D eigenvalue weighted by Gasteiger charge is 2.60. The van der Waals surface area contributed by atoms with Crippen molar-refractivity contribution in [2.24, 2.45) is 5.92 Å². The molecular weight excluding hydrogens is 374 g/mol. The van der Waals surface area contributed by atoms with E-state index in [4.69, 9.17) is 9.47 Å². The van der Waals surface area contributed by atoms with E-state index < -0.39 is 6.10 Å². The lowest BCUT2D eigenvalue weighted by Gasteiger charge is -2.56. The van der Waals surface area contributed by atoms with Crippen molar-refractivity contribution in [3.05, 3.63) is 0 Å². The molecule has 5 rings (SSSR count). The Morgan fingerprint density at radius 1 is 0.966 bits per heavy atom. The number of amides is 2. The number of ether oxygens (including phenoxy) is 2. The SMILES string of the molecule is COC1CCC2C(C1)C(=O)N1CCC[C@H]1C1N2C(=O)C([O-])C2CC(OC)CC[NH+]21. The van der Waals surface area contributed by atoms with Crippen molar-refractivity contribution in [2.45, 2.75) is 87.5 Å². The molecule has 5 aliphatic rings.